The number of rotatable bonds is 15. The largest absolute Gasteiger partial charge is 0.483 e. The van der Waals surface area contributed by atoms with Crippen molar-refractivity contribution in [1.82, 2.24) is 13.7 Å². The van der Waals surface area contributed by atoms with Crippen LogP contribution in [0.5, 0.6) is 5.75 Å². The van der Waals surface area contributed by atoms with Crippen molar-refractivity contribution in [1.29, 1.82) is 0 Å². The first-order chi connectivity index (χ1) is 70.9. The lowest BCUT2D eigenvalue weighted by atomic mass is 9.92. The summed E-state index contributed by atoms with van der Waals surface area (Å²) in [7, 11) is 0. The number of para-hydroxylation sites is 9. The van der Waals surface area contributed by atoms with Crippen LogP contribution in [0.1, 0.15) is 11.5 Å². The second-order valence-corrected chi connectivity index (χ2v) is 38.0. The summed E-state index contributed by atoms with van der Waals surface area (Å²) in [5.74, 6) is 1.16. The fraction of sp³-hybridized carbons (Fsp3) is 0.0149. The molecule has 2 atom stereocenters. The standard InChI is InChI=1S/C46H32N2O.C46H30N2O.C42H28N2S/c1-2-11-33-30-34(21-20-31(33)10-1)32-22-24-35(25-23-32)47(44-18-9-15-41-40-14-5-8-19-45(40)49-46(41)44)36-26-28-37(29-27-36)48-42-16-6-3-12-38(42)39-13-4-7-17-43(39)48;1-2-10-33-29-34(18-17-31(33)9-1)32-19-21-35(22-20-32)47(38-27-28-42-41-13-5-8-16-45(41)49-46(42)30-38)36-23-25-37(26-24-36)48-43-14-6-3-11-39(43)40-12-4-7-15-44(40)48;1-3-11-31(12-4-1)43(32-13-5-2-6-14-32)33-23-19-29(20-24-33)30-21-25-34(26-22-30)44-39-17-9-7-15-35(39)37-27-38-36-16-8-10-18-41(36)45-42(38)28-40(37)44/h1-30,40,45H;1-30H;1-28H. The van der Waals surface area contributed by atoms with E-state index in [9.17, 15) is 0 Å². The van der Waals surface area contributed by atoms with E-state index in [4.69, 9.17) is 9.15 Å². The van der Waals surface area contributed by atoms with Crippen LogP contribution in [0, 0.1) is 0 Å². The van der Waals surface area contributed by atoms with Crippen molar-refractivity contribution in [2.75, 3.05) is 14.7 Å². The van der Waals surface area contributed by atoms with Crippen LogP contribution in [-0.4, -0.2) is 19.8 Å². The summed E-state index contributed by atoms with van der Waals surface area (Å²) < 4.78 is 22.8. The third kappa shape index (κ3) is 15.0. The molecule has 2 aliphatic rings. The number of anilines is 9. The maximum Gasteiger partial charge on any atom is 0.148 e. The fourth-order valence-corrected chi connectivity index (χ4v) is 23.0. The Kier molecular flexibility index (Phi) is 20.8. The van der Waals surface area contributed by atoms with E-state index >= 15 is 0 Å². The number of thiophene rings is 1. The Labute approximate surface area is 830 Å². The zero-order valence-corrected chi connectivity index (χ0v) is 78.7. The molecule has 0 saturated carbocycles. The number of ether oxygens (including phenoxy) is 1. The lowest BCUT2D eigenvalue weighted by molar-refractivity contribution is 0.269. The summed E-state index contributed by atoms with van der Waals surface area (Å²) >= 11 is 1.87. The van der Waals surface area contributed by atoms with Gasteiger partial charge in [-0.25, -0.2) is 0 Å². The highest BCUT2D eigenvalue weighted by Crippen LogP contribution is 2.52. The van der Waals surface area contributed by atoms with Crippen LogP contribution in [0.2, 0.25) is 0 Å². The first-order valence-electron chi connectivity index (χ1n) is 48.9. The van der Waals surface area contributed by atoms with Gasteiger partial charge in [0.15, 0.2) is 0 Å². The minimum atomic E-state index is 0.0101. The van der Waals surface area contributed by atoms with Crippen molar-refractivity contribution in [3.63, 3.8) is 0 Å². The average molecular weight is 1850 g/mol. The minimum Gasteiger partial charge on any atom is -0.483 e. The van der Waals surface area contributed by atoms with Crippen LogP contribution >= 0.6 is 11.3 Å². The van der Waals surface area contributed by atoms with E-state index in [0.717, 1.165) is 90.2 Å². The van der Waals surface area contributed by atoms with Crippen LogP contribution in [-0.2, 0) is 0 Å². The number of allylic oxidation sites excluding steroid dienone is 2. The summed E-state index contributed by atoms with van der Waals surface area (Å²) in [5.41, 5.74) is 30.7. The molecule has 0 fully saturated rings. The van der Waals surface area contributed by atoms with E-state index in [-0.39, 0.29) is 12.0 Å². The molecule has 22 aromatic carbocycles. The first kappa shape index (κ1) is 83.8. The van der Waals surface area contributed by atoms with Gasteiger partial charge >= 0.3 is 0 Å². The molecule has 0 N–H and O–H groups in total. The molecule has 1 aliphatic carbocycles. The molecule has 0 spiro atoms. The van der Waals surface area contributed by atoms with Crippen molar-refractivity contribution < 1.29 is 9.15 Å². The highest BCUT2D eigenvalue weighted by Gasteiger charge is 2.36. The van der Waals surface area contributed by atoms with Gasteiger partial charge in [-0.15, -0.1) is 11.3 Å². The SMILES string of the molecule is C1=CC2Oc3c(cccc3N(c3ccc(-c4ccc5ccccc5c4)cc3)c3ccc(-n4c5ccccc5c5ccccc54)cc3)C2C=C1.c1ccc(N(c2ccccc2)c2ccc(-c3ccc(-n4c5ccccc5c5cc6c(cc54)sc4ccccc46)cc3)cc2)cc1.c1ccc2cc(-c3ccc(N(c4ccc(-n5c6ccccc6c6ccccc65)cc4)c4ccc5c(c4)oc4ccccc45)cc3)ccc2c1. The molecule has 674 valence electrons. The second-order valence-electron chi connectivity index (χ2n) is 36.9. The summed E-state index contributed by atoms with van der Waals surface area (Å²) in [4.78, 5) is 6.94. The number of nitrogens with zero attached hydrogens (tertiary/aromatic N) is 6. The molecule has 0 radical (unpaired) electrons. The first-order valence-corrected chi connectivity index (χ1v) is 49.7. The van der Waals surface area contributed by atoms with E-state index < -0.39 is 0 Å². The molecule has 143 heavy (non-hydrogen) atoms. The van der Waals surface area contributed by atoms with Gasteiger partial charge in [-0.3, -0.25) is 0 Å². The third-order valence-corrected chi connectivity index (χ3v) is 29.8. The molecule has 6 heterocycles. The fourth-order valence-electron chi connectivity index (χ4n) is 21.9. The number of furan rings is 1. The number of fused-ring (bicyclic) bond motifs is 20. The van der Waals surface area contributed by atoms with Crippen LogP contribution in [0.25, 0.3) is 180 Å². The van der Waals surface area contributed by atoms with Gasteiger partial charge in [0.1, 0.15) is 23.0 Å². The number of hydrogen-bond acceptors (Lipinski definition) is 6. The Morgan fingerprint density at radius 1 is 0.210 bits per heavy atom. The number of hydrogen-bond donors (Lipinski definition) is 0. The summed E-state index contributed by atoms with van der Waals surface area (Å²) in [6, 6.07) is 183. The molecule has 0 bridgehead atoms. The van der Waals surface area contributed by atoms with Crippen LogP contribution < -0.4 is 19.4 Å². The topological polar surface area (TPSA) is 46.9 Å². The number of aromatic nitrogens is 3. The molecule has 1 aliphatic heterocycles. The molecular formula is C134H90N6O2S. The van der Waals surface area contributed by atoms with Crippen molar-refractivity contribution in [2.24, 2.45) is 0 Å². The highest BCUT2D eigenvalue weighted by molar-refractivity contribution is 7.25. The zero-order chi connectivity index (χ0) is 94.4. The van der Waals surface area contributed by atoms with E-state index in [1.54, 1.807) is 0 Å². The van der Waals surface area contributed by atoms with Gasteiger partial charge in [-0.2, -0.15) is 0 Å². The van der Waals surface area contributed by atoms with Gasteiger partial charge in [0.25, 0.3) is 0 Å². The molecule has 27 aromatic rings. The molecule has 2 unspecified atom stereocenters. The normalized spacial score (nSPS) is 13.2. The maximum atomic E-state index is 6.70. The maximum absolute atomic E-state index is 6.70. The van der Waals surface area contributed by atoms with E-state index in [2.05, 4.69) is 550 Å². The van der Waals surface area contributed by atoms with Crippen LogP contribution in [0.3, 0.4) is 0 Å². The Bertz CT molecular complexity index is 9490. The third-order valence-electron chi connectivity index (χ3n) is 28.7. The molecule has 29 rings (SSSR count). The smallest absolute Gasteiger partial charge is 0.148 e. The van der Waals surface area contributed by atoms with Crippen molar-refractivity contribution in [3.05, 3.63) is 539 Å². The lowest BCUT2D eigenvalue weighted by Crippen LogP contribution is -2.16. The highest BCUT2D eigenvalue weighted by atomic mass is 32.1. The Morgan fingerprint density at radius 2 is 0.573 bits per heavy atom. The zero-order valence-electron chi connectivity index (χ0n) is 77.9. The molecule has 5 aromatic heterocycles. The van der Waals surface area contributed by atoms with Crippen LogP contribution in [0.15, 0.2) is 538 Å². The van der Waals surface area contributed by atoms with Gasteiger partial charge in [-0.1, -0.05) is 315 Å². The van der Waals surface area contributed by atoms with Crippen molar-refractivity contribution >= 4 is 192 Å². The summed E-state index contributed by atoms with van der Waals surface area (Å²) in [6.45, 7) is 0. The Morgan fingerprint density at radius 3 is 1.08 bits per heavy atom. The quantitative estimate of drug-likeness (QED) is 0.102. The van der Waals surface area contributed by atoms with Crippen LogP contribution in [0.4, 0.5) is 51.2 Å². The van der Waals surface area contributed by atoms with Gasteiger partial charge < -0.3 is 37.6 Å². The lowest BCUT2D eigenvalue weighted by Gasteiger charge is -2.27. The van der Waals surface area contributed by atoms with Crippen molar-refractivity contribution in [2.45, 2.75) is 12.0 Å². The van der Waals surface area contributed by atoms with E-state index in [0.29, 0.717) is 0 Å². The molecule has 8 nitrogen and oxygen atoms in total. The predicted molar refractivity (Wildman–Crippen MR) is 603 cm³/mol. The average Bonchev–Trinajstić information content (AvgIpc) is 1.58. The van der Waals surface area contributed by atoms with Gasteiger partial charge in [0.2, 0.25) is 0 Å². The van der Waals surface area contributed by atoms with Gasteiger partial charge in [0.05, 0.1) is 38.8 Å². The molecular weight excluding hydrogens is 1760 g/mol. The van der Waals surface area contributed by atoms with Crippen molar-refractivity contribution in [3.8, 4) is 56.2 Å². The molecule has 0 amide bonds. The molecule has 9 heteroatoms. The minimum absolute atomic E-state index is 0.0101. The molecule has 0 saturated heterocycles. The van der Waals surface area contributed by atoms with Gasteiger partial charge in [-0.05, 0) is 267 Å². The summed E-state index contributed by atoms with van der Waals surface area (Å²) in [6.07, 6.45) is 8.64. The van der Waals surface area contributed by atoms with E-state index in [1.807, 2.05) is 23.5 Å². The second kappa shape index (κ2) is 35.5. The monoisotopic (exact) mass is 1850 g/mol. The number of benzene rings is 22. The Hall–Kier alpha value is -18.5. The summed E-state index contributed by atoms with van der Waals surface area (Å²) in [5, 5.41) is 17.5. The van der Waals surface area contributed by atoms with Gasteiger partial charge in [0, 0.05) is 143 Å². The van der Waals surface area contributed by atoms with E-state index in [1.165, 1.54) is 152 Å². The predicted octanol–water partition coefficient (Wildman–Crippen LogP) is 37.3. The Balaban J connectivity index is 0.000000107.